The number of thioether (sulfide) groups is 1. The predicted molar refractivity (Wildman–Crippen MR) is 122 cm³/mol. The van der Waals surface area contributed by atoms with E-state index in [9.17, 15) is 14.4 Å². The number of hydrogen-bond acceptors (Lipinski definition) is 8. The van der Waals surface area contributed by atoms with Crippen molar-refractivity contribution in [1.29, 1.82) is 0 Å². The highest BCUT2D eigenvalue weighted by Gasteiger charge is 2.34. The van der Waals surface area contributed by atoms with Gasteiger partial charge in [-0.3, -0.25) is 24.3 Å². The van der Waals surface area contributed by atoms with Crippen molar-refractivity contribution >= 4 is 46.1 Å². The zero-order valence-electron chi connectivity index (χ0n) is 18.6. The first-order valence-electron chi connectivity index (χ1n) is 10.9. The number of nitrogens with one attached hydrogen (secondary N) is 1. The number of cyclic esters (lactones) is 1. The molecule has 10 nitrogen and oxygen atoms in total. The molecular formula is C21H25F2N5O5S. The molecule has 0 unspecified atom stereocenters. The van der Waals surface area contributed by atoms with Gasteiger partial charge in [0.05, 0.1) is 43.4 Å². The van der Waals surface area contributed by atoms with E-state index in [-0.39, 0.29) is 68.9 Å². The second kappa shape index (κ2) is 10.6. The zero-order valence-corrected chi connectivity index (χ0v) is 19.4. The average molecular weight is 498 g/mol. The maximum atomic E-state index is 15.0. The molecule has 1 aromatic carbocycles. The van der Waals surface area contributed by atoms with E-state index < -0.39 is 23.8 Å². The number of benzene rings is 1. The van der Waals surface area contributed by atoms with Crippen molar-refractivity contribution in [2.24, 2.45) is 4.99 Å². The SMILES string of the molecule is CC(=O)NC[C@H]1CN(c2cc(F)c(N3CCON(C(=O)CC4=NCCS4)CC3)c(F)c2)C(=O)O1. The van der Waals surface area contributed by atoms with Crippen LogP contribution in [0.2, 0.25) is 0 Å². The highest BCUT2D eigenvalue weighted by molar-refractivity contribution is 8.14. The number of halogens is 2. The van der Waals surface area contributed by atoms with E-state index in [1.165, 1.54) is 28.6 Å². The molecular weight excluding hydrogens is 472 g/mol. The standard InChI is InChI=1S/C21H25F2N5O5S/c1-13(29)25-11-15-12-27(21(31)33-15)14-8-16(22)20(17(23)9-14)26-3-4-28(32-6-5-26)19(30)10-18-24-2-7-34-18/h8-9,15H,2-7,10-12H2,1H3,(H,25,29)/t15-/m0/s1. The number of ether oxygens (including phenoxy) is 1. The van der Waals surface area contributed by atoms with Crippen molar-refractivity contribution in [3.63, 3.8) is 0 Å². The molecule has 1 N–H and O–H groups in total. The minimum Gasteiger partial charge on any atom is -0.442 e. The van der Waals surface area contributed by atoms with Crippen LogP contribution >= 0.6 is 11.8 Å². The van der Waals surface area contributed by atoms with Crippen LogP contribution in [0.25, 0.3) is 0 Å². The summed E-state index contributed by atoms with van der Waals surface area (Å²) in [5, 5.41) is 4.54. The Labute approximate surface area is 199 Å². The van der Waals surface area contributed by atoms with Crippen LogP contribution in [0.1, 0.15) is 13.3 Å². The highest BCUT2D eigenvalue weighted by atomic mass is 32.2. The minimum absolute atomic E-state index is 0.0202. The molecule has 0 spiro atoms. The predicted octanol–water partition coefficient (Wildman–Crippen LogP) is 1.54. The molecule has 2 saturated heterocycles. The van der Waals surface area contributed by atoms with Gasteiger partial charge < -0.3 is 15.0 Å². The molecule has 34 heavy (non-hydrogen) atoms. The zero-order chi connectivity index (χ0) is 24.2. The number of nitrogens with zero attached hydrogens (tertiary/aromatic N) is 4. The van der Waals surface area contributed by atoms with Crippen LogP contribution < -0.4 is 15.1 Å². The molecule has 184 valence electrons. The number of amides is 3. The topological polar surface area (TPSA) is 104 Å². The molecule has 3 heterocycles. The van der Waals surface area contributed by atoms with Gasteiger partial charge in [-0.15, -0.1) is 11.8 Å². The molecule has 3 aliphatic rings. The minimum atomic E-state index is -0.843. The number of carbonyl (C=O) groups is 3. The second-order valence-corrected chi connectivity index (χ2v) is 9.10. The molecule has 1 aromatic rings. The molecule has 1 atom stereocenters. The molecule has 4 rings (SSSR count). The molecule has 0 saturated carbocycles. The van der Waals surface area contributed by atoms with Crippen LogP contribution in [-0.2, 0) is 19.2 Å². The summed E-state index contributed by atoms with van der Waals surface area (Å²) in [6, 6.07) is 2.15. The third-order valence-electron chi connectivity index (χ3n) is 5.49. The Hall–Kier alpha value is -2.93. The maximum absolute atomic E-state index is 15.0. The van der Waals surface area contributed by atoms with Gasteiger partial charge in [0.25, 0.3) is 5.91 Å². The lowest BCUT2D eigenvalue weighted by molar-refractivity contribution is -0.180. The van der Waals surface area contributed by atoms with E-state index in [2.05, 4.69) is 10.3 Å². The van der Waals surface area contributed by atoms with Crippen molar-refractivity contribution in [3.8, 4) is 0 Å². The summed E-state index contributed by atoms with van der Waals surface area (Å²) < 4.78 is 35.2. The van der Waals surface area contributed by atoms with Gasteiger partial charge in [0.1, 0.15) is 11.8 Å². The molecule has 13 heteroatoms. The first-order valence-corrected chi connectivity index (χ1v) is 11.9. The lowest BCUT2D eigenvalue weighted by Gasteiger charge is -2.24. The first kappa shape index (κ1) is 24.2. The van der Waals surface area contributed by atoms with E-state index in [1.54, 1.807) is 0 Å². The summed E-state index contributed by atoms with van der Waals surface area (Å²) in [6.45, 7) is 2.76. The van der Waals surface area contributed by atoms with E-state index in [4.69, 9.17) is 9.57 Å². The van der Waals surface area contributed by atoms with Crippen molar-refractivity contribution in [3.05, 3.63) is 23.8 Å². The highest BCUT2D eigenvalue weighted by Crippen LogP contribution is 2.31. The van der Waals surface area contributed by atoms with Crippen LogP contribution in [0.3, 0.4) is 0 Å². The van der Waals surface area contributed by atoms with Gasteiger partial charge >= 0.3 is 6.09 Å². The number of anilines is 2. The Bertz CT molecular complexity index is 987. The van der Waals surface area contributed by atoms with Crippen LogP contribution in [-0.4, -0.2) is 85.7 Å². The Balaban J connectivity index is 1.41. The first-order chi connectivity index (χ1) is 16.3. The molecule has 0 radical (unpaired) electrons. The quantitative estimate of drug-likeness (QED) is 0.636. The summed E-state index contributed by atoms with van der Waals surface area (Å²) in [4.78, 5) is 48.1. The second-order valence-electron chi connectivity index (χ2n) is 7.93. The Morgan fingerprint density at radius 1 is 1.24 bits per heavy atom. The molecule has 0 aromatic heterocycles. The summed E-state index contributed by atoms with van der Waals surface area (Å²) in [5.74, 6) is -1.35. The van der Waals surface area contributed by atoms with Crippen LogP contribution in [0.4, 0.5) is 25.0 Å². The van der Waals surface area contributed by atoms with Crippen LogP contribution in [0.5, 0.6) is 0 Å². The monoisotopic (exact) mass is 497 g/mol. The van der Waals surface area contributed by atoms with Crippen molar-refractivity contribution in [2.45, 2.75) is 19.4 Å². The van der Waals surface area contributed by atoms with E-state index in [0.717, 1.165) is 27.8 Å². The normalized spacial score (nSPS) is 20.8. The van der Waals surface area contributed by atoms with Crippen molar-refractivity contribution in [2.75, 3.05) is 61.4 Å². The van der Waals surface area contributed by atoms with Crippen LogP contribution in [0, 0.1) is 11.6 Å². The summed E-state index contributed by atoms with van der Waals surface area (Å²) in [5.41, 5.74) is -0.230. The Kier molecular flexibility index (Phi) is 7.51. The van der Waals surface area contributed by atoms with Crippen molar-refractivity contribution < 1.29 is 32.7 Å². The van der Waals surface area contributed by atoms with E-state index >= 15 is 8.78 Å². The van der Waals surface area contributed by atoms with E-state index in [1.807, 2.05) is 0 Å². The molecule has 2 fully saturated rings. The molecule has 3 amide bonds. The fraction of sp³-hybridized carbons (Fsp3) is 0.524. The summed E-state index contributed by atoms with van der Waals surface area (Å²) in [7, 11) is 0. The Morgan fingerprint density at radius 2 is 2.00 bits per heavy atom. The lowest BCUT2D eigenvalue weighted by atomic mass is 10.2. The largest absolute Gasteiger partial charge is 0.442 e. The average Bonchev–Trinajstić information content (AvgIpc) is 3.35. The molecule has 0 bridgehead atoms. The summed E-state index contributed by atoms with van der Waals surface area (Å²) in [6.07, 6.45) is -1.22. The third kappa shape index (κ3) is 5.58. The number of hydroxylamine groups is 2. The smallest absolute Gasteiger partial charge is 0.414 e. The fourth-order valence-electron chi connectivity index (χ4n) is 3.88. The lowest BCUT2D eigenvalue weighted by Crippen LogP contribution is -2.35. The van der Waals surface area contributed by atoms with Gasteiger partial charge in [0, 0.05) is 44.4 Å². The Morgan fingerprint density at radius 3 is 2.68 bits per heavy atom. The maximum Gasteiger partial charge on any atom is 0.414 e. The molecule has 0 aliphatic carbocycles. The number of hydrogen-bond donors (Lipinski definition) is 1. The number of rotatable bonds is 6. The summed E-state index contributed by atoms with van der Waals surface area (Å²) >= 11 is 1.54. The van der Waals surface area contributed by atoms with Crippen molar-refractivity contribution in [1.82, 2.24) is 10.4 Å². The fourth-order valence-corrected chi connectivity index (χ4v) is 4.71. The number of carbonyl (C=O) groups excluding carboxylic acids is 3. The van der Waals surface area contributed by atoms with Crippen LogP contribution in [0.15, 0.2) is 17.1 Å². The van der Waals surface area contributed by atoms with Gasteiger partial charge in [-0.2, -0.15) is 0 Å². The van der Waals surface area contributed by atoms with E-state index in [0.29, 0.717) is 6.54 Å². The third-order valence-corrected chi connectivity index (χ3v) is 6.49. The van der Waals surface area contributed by atoms with Gasteiger partial charge in [-0.05, 0) is 0 Å². The number of aliphatic imine (C=N–C) groups is 1. The van der Waals surface area contributed by atoms with Gasteiger partial charge in [0.2, 0.25) is 5.91 Å². The van der Waals surface area contributed by atoms with Gasteiger partial charge in [0.15, 0.2) is 11.6 Å². The molecule has 3 aliphatic heterocycles. The van der Waals surface area contributed by atoms with Gasteiger partial charge in [-0.1, -0.05) is 0 Å². The van der Waals surface area contributed by atoms with Gasteiger partial charge in [-0.25, -0.2) is 18.6 Å².